The lowest BCUT2D eigenvalue weighted by Gasteiger charge is -2.26. The standard InChI is InChI=1S/C24H32N6O4/c1-16(31)26-14-19-15-30(24(32)34-19)18-5-6-20-17(13-18)3-2-4-21-22(20)27-28-23(21)25-7-8-29-9-11-33-12-10-29/h5-6,13,19H,2-4,7-12,14-15H2,1H3,(H,26,31)(H2,25,27,28). The molecule has 1 atom stereocenters. The first-order chi connectivity index (χ1) is 16.6. The highest BCUT2D eigenvalue weighted by Crippen LogP contribution is 2.36. The van der Waals surface area contributed by atoms with E-state index in [1.165, 1.54) is 18.1 Å². The van der Waals surface area contributed by atoms with Crippen molar-refractivity contribution in [1.82, 2.24) is 20.4 Å². The number of carbonyl (C=O) groups is 2. The Morgan fingerprint density at radius 1 is 1.26 bits per heavy atom. The van der Waals surface area contributed by atoms with Crippen LogP contribution in [0.25, 0.3) is 11.3 Å². The number of benzene rings is 1. The summed E-state index contributed by atoms with van der Waals surface area (Å²) in [5.41, 5.74) is 5.43. The molecule has 2 fully saturated rings. The second-order valence-electron chi connectivity index (χ2n) is 9.06. The molecule has 182 valence electrons. The van der Waals surface area contributed by atoms with E-state index < -0.39 is 0 Å². The largest absolute Gasteiger partial charge is 0.442 e. The van der Waals surface area contributed by atoms with Gasteiger partial charge in [0.25, 0.3) is 0 Å². The molecule has 1 aliphatic carbocycles. The van der Waals surface area contributed by atoms with Crippen LogP contribution in [0.5, 0.6) is 0 Å². The molecule has 3 aliphatic rings. The third-order valence-electron chi connectivity index (χ3n) is 6.69. The predicted octanol–water partition coefficient (Wildman–Crippen LogP) is 1.77. The highest BCUT2D eigenvalue weighted by atomic mass is 16.6. The van der Waals surface area contributed by atoms with Crippen molar-refractivity contribution in [1.29, 1.82) is 0 Å². The normalized spacial score (nSPS) is 20.3. The summed E-state index contributed by atoms with van der Waals surface area (Å²) in [6, 6.07) is 6.11. The highest BCUT2D eigenvalue weighted by molar-refractivity contribution is 5.90. The van der Waals surface area contributed by atoms with Gasteiger partial charge in [-0.3, -0.25) is 19.7 Å². The van der Waals surface area contributed by atoms with Crippen LogP contribution in [-0.2, 0) is 27.1 Å². The fourth-order valence-corrected chi connectivity index (χ4v) is 4.89. The van der Waals surface area contributed by atoms with Crippen LogP contribution >= 0.6 is 0 Å². The van der Waals surface area contributed by atoms with Crippen molar-refractivity contribution < 1.29 is 19.1 Å². The third kappa shape index (κ3) is 4.88. The quantitative estimate of drug-likeness (QED) is 0.568. The van der Waals surface area contributed by atoms with E-state index >= 15 is 0 Å². The maximum absolute atomic E-state index is 12.4. The van der Waals surface area contributed by atoms with Gasteiger partial charge in [-0.15, -0.1) is 0 Å². The summed E-state index contributed by atoms with van der Waals surface area (Å²) in [6.45, 7) is 7.59. The SMILES string of the molecule is CC(=O)NCC1CN(c2ccc3c(c2)CCCc2c(NCCN4CCOCC4)n[nH]c2-3)C(=O)O1. The lowest BCUT2D eigenvalue weighted by molar-refractivity contribution is -0.119. The smallest absolute Gasteiger partial charge is 0.414 e. The van der Waals surface area contributed by atoms with E-state index in [2.05, 4.69) is 37.9 Å². The van der Waals surface area contributed by atoms with Gasteiger partial charge in [-0.05, 0) is 37.0 Å². The molecule has 0 radical (unpaired) electrons. The van der Waals surface area contributed by atoms with Gasteiger partial charge in [-0.25, -0.2) is 4.79 Å². The summed E-state index contributed by atoms with van der Waals surface area (Å²) in [5.74, 6) is 0.800. The molecule has 3 N–H and O–H groups in total. The van der Waals surface area contributed by atoms with Crippen molar-refractivity contribution in [3.63, 3.8) is 0 Å². The molecule has 1 aromatic heterocycles. The van der Waals surface area contributed by atoms with Crippen molar-refractivity contribution in [2.45, 2.75) is 32.3 Å². The number of H-pyrrole nitrogens is 1. The van der Waals surface area contributed by atoms with E-state index in [-0.39, 0.29) is 18.1 Å². The van der Waals surface area contributed by atoms with E-state index in [0.29, 0.717) is 13.1 Å². The highest BCUT2D eigenvalue weighted by Gasteiger charge is 2.33. The fraction of sp³-hybridized carbons (Fsp3) is 0.542. The summed E-state index contributed by atoms with van der Waals surface area (Å²) < 4.78 is 10.8. The number of aromatic nitrogens is 2. The third-order valence-corrected chi connectivity index (χ3v) is 6.69. The monoisotopic (exact) mass is 468 g/mol. The summed E-state index contributed by atoms with van der Waals surface area (Å²) in [7, 11) is 0. The Morgan fingerprint density at radius 2 is 2.12 bits per heavy atom. The van der Waals surface area contributed by atoms with Gasteiger partial charge in [-0.1, -0.05) is 6.07 Å². The molecule has 0 saturated carbocycles. The fourth-order valence-electron chi connectivity index (χ4n) is 4.89. The lowest BCUT2D eigenvalue weighted by atomic mass is 10.0. The summed E-state index contributed by atoms with van der Waals surface area (Å²) in [6.07, 6.45) is 2.16. The number of hydrogen-bond donors (Lipinski definition) is 3. The summed E-state index contributed by atoms with van der Waals surface area (Å²) in [4.78, 5) is 27.7. The Kier molecular flexibility index (Phi) is 6.68. The molecule has 1 aromatic carbocycles. The second-order valence-corrected chi connectivity index (χ2v) is 9.06. The molecule has 34 heavy (non-hydrogen) atoms. The maximum Gasteiger partial charge on any atom is 0.414 e. The van der Waals surface area contributed by atoms with Crippen molar-refractivity contribution >= 4 is 23.5 Å². The van der Waals surface area contributed by atoms with Crippen LogP contribution in [0, 0.1) is 0 Å². The average Bonchev–Trinajstić information content (AvgIpc) is 3.36. The maximum atomic E-state index is 12.4. The molecule has 3 heterocycles. The zero-order chi connectivity index (χ0) is 23.5. The van der Waals surface area contributed by atoms with E-state index in [4.69, 9.17) is 9.47 Å². The van der Waals surface area contributed by atoms with Gasteiger partial charge in [0, 0.05) is 49.9 Å². The molecular formula is C24H32N6O4. The van der Waals surface area contributed by atoms with Crippen LogP contribution in [0.15, 0.2) is 18.2 Å². The molecule has 0 spiro atoms. The minimum absolute atomic E-state index is 0.134. The van der Waals surface area contributed by atoms with Gasteiger partial charge >= 0.3 is 6.09 Å². The number of cyclic esters (lactones) is 1. The zero-order valence-electron chi connectivity index (χ0n) is 19.6. The van der Waals surface area contributed by atoms with Gasteiger partial charge in [-0.2, -0.15) is 5.10 Å². The van der Waals surface area contributed by atoms with Crippen LogP contribution in [0.2, 0.25) is 0 Å². The number of aromatic amines is 1. The van der Waals surface area contributed by atoms with Crippen LogP contribution in [0.4, 0.5) is 16.3 Å². The number of aryl methyl sites for hydroxylation is 1. The van der Waals surface area contributed by atoms with Crippen LogP contribution in [0.3, 0.4) is 0 Å². The number of anilines is 2. The summed E-state index contributed by atoms with van der Waals surface area (Å²) >= 11 is 0. The van der Waals surface area contributed by atoms with Crippen molar-refractivity contribution in [3.8, 4) is 11.3 Å². The van der Waals surface area contributed by atoms with E-state index in [0.717, 1.165) is 81.4 Å². The Morgan fingerprint density at radius 3 is 2.94 bits per heavy atom. The van der Waals surface area contributed by atoms with Crippen LogP contribution in [-0.4, -0.2) is 85.7 Å². The average molecular weight is 469 g/mol. The Balaban J connectivity index is 1.28. The van der Waals surface area contributed by atoms with Crippen LogP contribution in [0.1, 0.15) is 24.5 Å². The van der Waals surface area contributed by atoms with Gasteiger partial charge in [0.05, 0.1) is 32.0 Å². The van der Waals surface area contributed by atoms with Gasteiger partial charge in [0.2, 0.25) is 5.91 Å². The molecule has 2 aromatic rings. The molecular weight excluding hydrogens is 436 g/mol. The number of fused-ring (bicyclic) bond motifs is 3. The molecule has 10 nitrogen and oxygen atoms in total. The van der Waals surface area contributed by atoms with Crippen molar-refractivity contribution in [2.24, 2.45) is 0 Å². The molecule has 2 aliphatic heterocycles. The minimum Gasteiger partial charge on any atom is -0.442 e. The lowest BCUT2D eigenvalue weighted by Crippen LogP contribution is -2.39. The number of nitrogens with one attached hydrogen (secondary N) is 3. The number of amides is 2. The first-order valence-electron chi connectivity index (χ1n) is 12.1. The first-order valence-corrected chi connectivity index (χ1v) is 12.1. The molecule has 2 saturated heterocycles. The van der Waals surface area contributed by atoms with Gasteiger partial charge < -0.3 is 20.1 Å². The number of hydrogen-bond acceptors (Lipinski definition) is 7. The summed E-state index contributed by atoms with van der Waals surface area (Å²) in [5, 5.41) is 14.1. The number of rotatable bonds is 7. The van der Waals surface area contributed by atoms with E-state index in [1.807, 2.05) is 6.07 Å². The Hall–Kier alpha value is -3.11. The zero-order valence-corrected chi connectivity index (χ0v) is 19.6. The van der Waals surface area contributed by atoms with Gasteiger partial charge in [0.1, 0.15) is 6.10 Å². The number of carbonyl (C=O) groups excluding carboxylic acids is 2. The number of morpholine rings is 1. The molecule has 1 unspecified atom stereocenters. The molecule has 0 bridgehead atoms. The van der Waals surface area contributed by atoms with Gasteiger partial charge in [0.15, 0.2) is 5.82 Å². The molecule has 2 amide bonds. The Bertz CT molecular complexity index is 1050. The van der Waals surface area contributed by atoms with Crippen molar-refractivity contribution in [2.75, 3.05) is 62.7 Å². The molecule has 5 rings (SSSR count). The van der Waals surface area contributed by atoms with Crippen LogP contribution < -0.4 is 15.5 Å². The number of ether oxygens (including phenoxy) is 2. The topological polar surface area (TPSA) is 112 Å². The van der Waals surface area contributed by atoms with E-state index in [9.17, 15) is 9.59 Å². The molecule has 10 heteroatoms. The predicted molar refractivity (Wildman–Crippen MR) is 128 cm³/mol. The number of nitrogens with zero attached hydrogens (tertiary/aromatic N) is 3. The van der Waals surface area contributed by atoms with Crippen molar-refractivity contribution in [3.05, 3.63) is 29.3 Å². The minimum atomic E-state index is -0.377. The Labute approximate surface area is 199 Å². The van der Waals surface area contributed by atoms with E-state index in [1.54, 1.807) is 4.90 Å². The first kappa shape index (κ1) is 22.7. The second kappa shape index (κ2) is 10.0.